The predicted molar refractivity (Wildman–Crippen MR) is 74.2 cm³/mol. The van der Waals surface area contributed by atoms with Crippen LogP contribution in [-0.2, 0) is 10.8 Å². The molecule has 1 aliphatic heterocycles. The lowest BCUT2D eigenvalue weighted by Gasteiger charge is -2.37. The van der Waals surface area contributed by atoms with E-state index in [1.54, 1.807) is 0 Å². The van der Waals surface area contributed by atoms with Gasteiger partial charge in [-0.1, -0.05) is 33.8 Å². The summed E-state index contributed by atoms with van der Waals surface area (Å²) in [5, 5.41) is 0. The highest BCUT2D eigenvalue weighted by Crippen LogP contribution is 2.50. The smallest absolute Gasteiger partial charge is 0.135 e. The number of benzene rings is 1. The number of nitrogens with zero attached hydrogens (tertiary/aromatic N) is 1. The zero-order valence-corrected chi connectivity index (χ0v) is 11.8. The van der Waals surface area contributed by atoms with Crippen molar-refractivity contribution in [3.63, 3.8) is 0 Å². The van der Waals surface area contributed by atoms with Gasteiger partial charge in [-0.05, 0) is 40.5 Å². The van der Waals surface area contributed by atoms with Gasteiger partial charge >= 0.3 is 0 Å². The molecule has 0 saturated carbocycles. The lowest BCUT2D eigenvalue weighted by molar-refractivity contribution is 0.275. The molecule has 0 bridgehead atoms. The number of hydrogen-bond acceptors (Lipinski definition) is 1. The number of fused-ring (bicyclic) bond motifs is 1. The molecule has 1 fully saturated rings. The third-order valence-electron chi connectivity index (χ3n) is 4.55. The maximum atomic E-state index is 13.0. The lowest BCUT2D eigenvalue weighted by Crippen LogP contribution is -2.48. The topological polar surface area (TPSA) is 3.24 Å². The number of rotatable bonds is 1. The molecule has 2 heteroatoms. The highest BCUT2D eigenvalue weighted by atomic mass is 19.1. The highest BCUT2D eigenvalue weighted by Gasteiger charge is 2.42. The average Bonchev–Trinajstić information content (AvgIpc) is 2.40. The zero-order chi connectivity index (χ0) is 13.1. The Bertz CT molecular complexity index is 484. The van der Waals surface area contributed by atoms with Crippen LogP contribution in [0.4, 0.5) is 10.1 Å². The first-order chi connectivity index (χ1) is 8.29. The van der Waals surface area contributed by atoms with Gasteiger partial charge in [0.15, 0.2) is 0 Å². The van der Waals surface area contributed by atoms with Crippen molar-refractivity contribution in [2.45, 2.75) is 51.1 Å². The van der Waals surface area contributed by atoms with Crippen molar-refractivity contribution in [1.82, 2.24) is 0 Å². The van der Waals surface area contributed by atoms with E-state index >= 15 is 0 Å². The Morgan fingerprint density at radius 3 is 2.28 bits per heavy atom. The molecule has 18 heavy (non-hydrogen) atoms. The first-order valence-electron chi connectivity index (χ1n) is 6.84. The zero-order valence-electron chi connectivity index (χ0n) is 11.8. The van der Waals surface area contributed by atoms with E-state index in [1.165, 1.54) is 23.2 Å². The SMILES string of the molecule is CC1(C)CC(C)(C)c2cc(N3CC(F)C3)ccc21. The Labute approximate surface area is 109 Å². The summed E-state index contributed by atoms with van der Waals surface area (Å²) in [6.07, 6.45) is 0.549. The van der Waals surface area contributed by atoms with Crippen molar-refractivity contribution in [3.8, 4) is 0 Å². The van der Waals surface area contributed by atoms with Crippen LogP contribution >= 0.6 is 0 Å². The van der Waals surface area contributed by atoms with Gasteiger partial charge in [-0.2, -0.15) is 0 Å². The molecular weight excluding hydrogens is 225 g/mol. The minimum Gasteiger partial charge on any atom is -0.366 e. The summed E-state index contributed by atoms with van der Waals surface area (Å²) in [5.41, 5.74) is 4.60. The third kappa shape index (κ3) is 1.65. The molecule has 0 unspecified atom stereocenters. The van der Waals surface area contributed by atoms with Gasteiger partial charge in [0, 0.05) is 5.69 Å². The van der Waals surface area contributed by atoms with E-state index < -0.39 is 6.17 Å². The summed E-state index contributed by atoms with van der Waals surface area (Å²) in [6.45, 7) is 10.4. The van der Waals surface area contributed by atoms with Crippen LogP contribution in [0.1, 0.15) is 45.2 Å². The summed E-state index contributed by atoms with van der Waals surface area (Å²) in [6, 6.07) is 6.70. The summed E-state index contributed by atoms with van der Waals surface area (Å²) in [5.74, 6) is 0. The molecule has 0 radical (unpaired) electrons. The van der Waals surface area contributed by atoms with Gasteiger partial charge in [-0.15, -0.1) is 0 Å². The molecule has 0 atom stereocenters. The molecule has 0 spiro atoms. The van der Waals surface area contributed by atoms with Crippen LogP contribution in [-0.4, -0.2) is 19.3 Å². The van der Waals surface area contributed by atoms with Crippen LogP contribution in [0.25, 0.3) is 0 Å². The molecule has 1 aromatic rings. The average molecular weight is 247 g/mol. The Balaban J connectivity index is 2.01. The Morgan fingerprint density at radius 1 is 1.06 bits per heavy atom. The quantitative estimate of drug-likeness (QED) is 0.729. The minimum atomic E-state index is -0.636. The Morgan fingerprint density at radius 2 is 1.67 bits per heavy atom. The van der Waals surface area contributed by atoms with Gasteiger partial charge < -0.3 is 4.90 Å². The highest BCUT2D eigenvalue weighted by molar-refractivity contribution is 5.58. The standard InChI is InChI=1S/C16H22FN/c1-15(2)10-16(3,4)14-7-12(5-6-13(14)15)18-8-11(17)9-18/h5-7,11H,8-10H2,1-4H3. The second kappa shape index (κ2) is 3.49. The fourth-order valence-corrected chi connectivity index (χ4v) is 3.81. The van der Waals surface area contributed by atoms with Crippen molar-refractivity contribution in [3.05, 3.63) is 29.3 Å². The van der Waals surface area contributed by atoms with Crippen molar-refractivity contribution in [2.75, 3.05) is 18.0 Å². The summed E-state index contributed by atoms with van der Waals surface area (Å²) < 4.78 is 13.0. The van der Waals surface area contributed by atoms with E-state index in [-0.39, 0.29) is 10.8 Å². The van der Waals surface area contributed by atoms with E-state index in [1.807, 2.05) is 0 Å². The van der Waals surface area contributed by atoms with Crippen molar-refractivity contribution in [2.24, 2.45) is 0 Å². The first kappa shape index (κ1) is 12.0. The monoisotopic (exact) mass is 247 g/mol. The maximum absolute atomic E-state index is 13.0. The van der Waals surface area contributed by atoms with E-state index in [0.29, 0.717) is 13.1 Å². The number of anilines is 1. The molecule has 3 rings (SSSR count). The molecule has 1 saturated heterocycles. The van der Waals surface area contributed by atoms with E-state index in [2.05, 4.69) is 50.8 Å². The van der Waals surface area contributed by atoms with Crippen LogP contribution in [0, 0.1) is 0 Å². The summed E-state index contributed by atoms with van der Waals surface area (Å²) in [7, 11) is 0. The fourth-order valence-electron chi connectivity index (χ4n) is 3.81. The van der Waals surface area contributed by atoms with E-state index in [0.717, 1.165) is 0 Å². The largest absolute Gasteiger partial charge is 0.366 e. The van der Waals surface area contributed by atoms with Gasteiger partial charge in [0.1, 0.15) is 6.17 Å². The second-order valence-electron chi connectivity index (χ2n) is 7.18. The Hall–Kier alpha value is -1.05. The molecule has 98 valence electrons. The fraction of sp³-hybridized carbons (Fsp3) is 0.625. The van der Waals surface area contributed by atoms with E-state index in [9.17, 15) is 4.39 Å². The van der Waals surface area contributed by atoms with E-state index in [4.69, 9.17) is 0 Å². The second-order valence-corrected chi connectivity index (χ2v) is 7.18. The summed E-state index contributed by atoms with van der Waals surface area (Å²) in [4.78, 5) is 2.13. The lowest BCUT2D eigenvalue weighted by atomic mass is 9.82. The molecule has 0 amide bonds. The molecule has 1 aliphatic carbocycles. The maximum Gasteiger partial charge on any atom is 0.135 e. The van der Waals surface area contributed by atoms with Crippen LogP contribution in [0.15, 0.2) is 18.2 Å². The van der Waals surface area contributed by atoms with Crippen LogP contribution in [0.2, 0.25) is 0 Å². The number of halogens is 1. The van der Waals surface area contributed by atoms with Crippen LogP contribution in [0.3, 0.4) is 0 Å². The van der Waals surface area contributed by atoms with Crippen molar-refractivity contribution < 1.29 is 4.39 Å². The van der Waals surface area contributed by atoms with Crippen molar-refractivity contribution >= 4 is 5.69 Å². The predicted octanol–water partition coefficient (Wildman–Crippen LogP) is 3.80. The first-order valence-corrected chi connectivity index (χ1v) is 6.84. The molecule has 1 nitrogen and oxygen atoms in total. The Kier molecular flexibility index (Phi) is 2.33. The molecular formula is C16H22FN. The third-order valence-corrected chi connectivity index (χ3v) is 4.55. The summed E-state index contributed by atoms with van der Waals surface area (Å²) >= 11 is 0. The normalized spacial score (nSPS) is 24.8. The minimum absolute atomic E-state index is 0.231. The van der Waals surface area contributed by atoms with Gasteiger partial charge in [-0.25, -0.2) is 4.39 Å². The van der Waals surface area contributed by atoms with Crippen LogP contribution < -0.4 is 4.90 Å². The van der Waals surface area contributed by atoms with Gasteiger partial charge in [-0.3, -0.25) is 0 Å². The van der Waals surface area contributed by atoms with Gasteiger partial charge in [0.2, 0.25) is 0 Å². The van der Waals surface area contributed by atoms with Crippen molar-refractivity contribution in [1.29, 1.82) is 0 Å². The van der Waals surface area contributed by atoms with Crippen LogP contribution in [0.5, 0.6) is 0 Å². The number of hydrogen-bond donors (Lipinski definition) is 0. The molecule has 1 aromatic carbocycles. The molecule has 0 aromatic heterocycles. The molecule has 1 heterocycles. The molecule has 0 N–H and O–H groups in total. The van der Waals surface area contributed by atoms with Gasteiger partial charge in [0.25, 0.3) is 0 Å². The van der Waals surface area contributed by atoms with Gasteiger partial charge in [0.05, 0.1) is 13.1 Å². The molecule has 2 aliphatic rings. The number of alkyl halides is 1.